The number of methoxy groups -OCH3 is 1. The van der Waals surface area contributed by atoms with Crippen LogP contribution in [0.3, 0.4) is 0 Å². The van der Waals surface area contributed by atoms with E-state index < -0.39 is 0 Å². The van der Waals surface area contributed by atoms with Crippen LogP contribution in [0.4, 0.5) is 0 Å². The Bertz CT molecular complexity index is 587. The van der Waals surface area contributed by atoms with Gasteiger partial charge in [0.25, 0.3) is 0 Å². The van der Waals surface area contributed by atoms with Gasteiger partial charge in [0.05, 0.1) is 7.11 Å². The molecule has 1 nitrogen and oxygen atoms in total. The van der Waals surface area contributed by atoms with Crippen LogP contribution in [0.5, 0.6) is 5.75 Å². The van der Waals surface area contributed by atoms with Crippen LogP contribution in [0.2, 0.25) is 0 Å². The average Bonchev–Trinajstić information content (AvgIpc) is 2.57. The van der Waals surface area contributed by atoms with Crippen LogP contribution in [0.1, 0.15) is 11.1 Å². The second-order valence-electron chi connectivity index (χ2n) is 3.88. The molecule has 2 aromatic rings. The van der Waals surface area contributed by atoms with Gasteiger partial charge in [0, 0.05) is 9.79 Å². The highest BCUT2D eigenvalue weighted by molar-refractivity contribution is 7.99. The van der Waals surface area contributed by atoms with E-state index in [0.717, 1.165) is 5.75 Å². The van der Waals surface area contributed by atoms with Crippen molar-refractivity contribution in [2.24, 2.45) is 0 Å². The van der Waals surface area contributed by atoms with Crippen LogP contribution in [0.15, 0.2) is 52.3 Å². The lowest BCUT2D eigenvalue weighted by molar-refractivity contribution is 0.414. The number of benzene rings is 2. The molecule has 0 saturated carbocycles. The summed E-state index contributed by atoms with van der Waals surface area (Å²) < 4.78 is 5.26. The van der Waals surface area contributed by atoms with Gasteiger partial charge in [0.2, 0.25) is 0 Å². The Morgan fingerprint density at radius 3 is 2.53 bits per heavy atom. The van der Waals surface area contributed by atoms with Gasteiger partial charge in [0.15, 0.2) is 0 Å². The van der Waals surface area contributed by atoms with Crippen molar-refractivity contribution in [3.63, 3.8) is 0 Å². The SMILES string of the molecule is COc1ccc2c(c1)C=Cc1ccccc1S2. The molecule has 1 aliphatic heterocycles. The second-order valence-corrected chi connectivity index (χ2v) is 4.96. The maximum Gasteiger partial charge on any atom is 0.119 e. The first-order valence-corrected chi connectivity index (χ1v) is 6.31. The Morgan fingerprint density at radius 1 is 0.882 bits per heavy atom. The van der Waals surface area contributed by atoms with E-state index in [1.165, 1.54) is 20.9 Å². The number of ether oxygens (including phenoxy) is 1. The average molecular weight is 240 g/mol. The van der Waals surface area contributed by atoms with Crippen molar-refractivity contribution in [1.29, 1.82) is 0 Å². The van der Waals surface area contributed by atoms with Crippen molar-refractivity contribution < 1.29 is 4.74 Å². The molecule has 0 aliphatic carbocycles. The van der Waals surface area contributed by atoms with Gasteiger partial charge in [-0.25, -0.2) is 0 Å². The zero-order valence-electron chi connectivity index (χ0n) is 9.51. The van der Waals surface area contributed by atoms with Crippen LogP contribution < -0.4 is 4.74 Å². The van der Waals surface area contributed by atoms with Gasteiger partial charge in [-0.1, -0.05) is 42.1 Å². The molecule has 0 spiro atoms. The zero-order valence-corrected chi connectivity index (χ0v) is 10.3. The fourth-order valence-corrected chi connectivity index (χ4v) is 2.90. The molecule has 0 fully saturated rings. The lowest BCUT2D eigenvalue weighted by Gasteiger charge is -2.07. The molecule has 1 heterocycles. The van der Waals surface area contributed by atoms with Gasteiger partial charge in [-0.05, 0) is 35.4 Å². The van der Waals surface area contributed by atoms with Gasteiger partial charge in [-0.3, -0.25) is 0 Å². The smallest absolute Gasteiger partial charge is 0.119 e. The van der Waals surface area contributed by atoms with E-state index in [1.54, 1.807) is 18.9 Å². The van der Waals surface area contributed by atoms with E-state index in [9.17, 15) is 0 Å². The van der Waals surface area contributed by atoms with Crippen molar-refractivity contribution in [1.82, 2.24) is 0 Å². The van der Waals surface area contributed by atoms with E-state index >= 15 is 0 Å². The number of fused-ring (bicyclic) bond motifs is 2. The molecule has 3 rings (SSSR count). The molecule has 17 heavy (non-hydrogen) atoms. The molecular weight excluding hydrogens is 228 g/mol. The summed E-state index contributed by atoms with van der Waals surface area (Å²) in [6, 6.07) is 14.6. The summed E-state index contributed by atoms with van der Waals surface area (Å²) in [6.45, 7) is 0. The predicted octanol–water partition coefficient (Wildman–Crippen LogP) is 4.33. The molecule has 0 amide bonds. The van der Waals surface area contributed by atoms with Gasteiger partial charge >= 0.3 is 0 Å². The number of hydrogen-bond donors (Lipinski definition) is 0. The summed E-state index contributed by atoms with van der Waals surface area (Å²) in [6.07, 6.45) is 4.31. The third-order valence-electron chi connectivity index (χ3n) is 2.80. The highest BCUT2D eigenvalue weighted by Gasteiger charge is 2.09. The van der Waals surface area contributed by atoms with E-state index in [-0.39, 0.29) is 0 Å². The van der Waals surface area contributed by atoms with Gasteiger partial charge < -0.3 is 4.74 Å². The molecule has 0 atom stereocenters. The predicted molar refractivity (Wildman–Crippen MR) is 72.5 cm³/mol. The van der Waals surface area contributed by atoms with Crippen LogP contribution in [0.25, 0.3) is 12.2 Å². The first-order chi connectivity index (χ1) is 8.36. The van der Waals surface area contributed by atoms with Crippen LogP contribution >= 0.6 is 11.8 Å². The molecular formula is C15H12OS. The summed E-state index contributed by atoms with van der Waals surface area (Å²) in [5.41, 5.74) is 2.48. The van der Waals surface area contributed by atoms with Crippen LogP contribution in [-0.2, 0) is 0 Å². The van der Waals surface area contributed by atoms with Crippen molar-refractivity contribution in [2.45, 2.75) is 9.79 Å². The maximum absolute atomic E-state index is 5.26. The standard InChI is InChI=1S/C15H12OS/c1-16-13-8-9-15-12(10-13)7-6-11-4-2-3-5-14(11)17-15/h2-10H,1H3. The molecule has 0 radical (unpaired) electrons. The van der Waals surface area contributed by atoms with E-state index in [0.29, 0.717) is 0 Å². The summed E-state index contributed by atoms with van der Waals surface area (Å²) in [5.74, 6) is 0.903. The molecule has 0 aromatic heterocycles. The van der Waals surface area contributed by atoms with Crippen LogP contribution in [-0.4, -0.2) is 7.11 Å². The van der Waals surface area contributed by atoms with Gasteiger partial charge in [-0.2, -0.15) is 0 Å². The molecule has 0 saturated heterocycles. The van der Waals surface area contributed by atoms with E-state index in [2.05, 4.69) is 48.6 Å². The summed E-state index contributed by atoms with van der Waals surface area (Å²) in [5, 5.41) is 0. The first kappa shape index (κ1) is 10.5. The molecule has 2 heteroatoms. The largest absolute Gasteiger partial charge is 0.497 e. The van der Waals surface area contributed by atoms with Gasteiger partial charge in [0.1, 0.15) is 5.75 Å². The normalized spacial score (nSPS) is 12.5. The highest BCUT2D eigenvalue weighted by atomic mass is 32.2. The van der Waals surface area contributed by atoms with Crippen LogP contribution in [0, 0.1) is 0 Å². The lowest BCUT2D eigenvalue weighted by atomic mass is 10.1. The van der Waals surface area contributed by atoms with Crippen molar-refractivity contribution in [2.75, 3.05) is 7.11 Å². The Labute approximate surface area is 105 Å². The number of hydrogen-bond acceptors (Lipinski definition) is 2. The van der Waals surface area contributed by atoms with E-state index in [1.807, 2.05) is 6.07 Å². The maximum atomic E-state index is 5.26. The lowest BCUT2D eigenvalue weighted by Crippen LogP contribution is -1.85. The summed E-state index contributed by atoms with van der Waals surface area (Å²) in [4.78, 5) is 2.57. The van der Waals surface area contributed by atoms with Gasteiger partial charge in [-0.15, -0.1) is 0 Å². The molecule has 0 bridgehead atoms. The Kier molecular flexibility index (Phi) is 2.65. The Morgan fingerprint density at radius 2 is 1.65 bits per heavy atom. The summed E-state index contributed by atoms with van der Waals surface area (Å²) in [7, 11) is 1.70. The number of rotatable bonds is 1. The zero-order chi connectivity index (χ0) is 11.7. The Balaban J connectivity index is 2.11. The third kappa shape index (κ3) is 1.96. The third-order valence-corrected chi connectivity index (χ3v) is 3.98. The molecule has 0 unspecified atom stereocenters. The van der Waals surface area contributed by atoms with Crippen molar-refractivity contribution >= 4 is 23.9 Å². The fourth-order valence-electron chi connectivity index (χ4n) is 1.89. The minimum absolute atomic E-state index is 0.903. The fraction of sp³-hybridized carbons (Fsp3) is 0.0667. The minimum Gasteiger partial charge on any atom is -0.497 e. The van der Waals surface area contributed by atoms with Crippen molar-refractivity contribution in [3.8, 4) is 5.75 Å². The second kappa shape index (κ2) is 4.30. The van der Waals surface area contributed by atoms with Crippen molar-refractivity contribution in [3.05, 3.63) is 53.6 Å². The van der Waals surface area contributed by atoms with E-state index in [4.69, 9.17) is 4.74 Å². The molecule has 84 valence electrons. The highest BCUT2D eigenvalue weighted by Crippen LogP contribution is 2.38. The topological polar surface area (TPSA) is 9.23 Å². The first-order valence-electron chi connectivity index (χ1n) is 5.50. The molecule has 2 aromatic carbocycles. The quantitative estimate of drug-likeness (QED) is 0.626. The molecule has 0 N–H and O–H groups in total. The molecule has 1 aliphatic rings. The summed E-state index contributed by atoms with van der Waals surface area (Å²) >= 11 is 1.80. The monoisotopic (exact) mass is 240 g/mol. The Hall–Kier alpha value is -1.67. The minimum atomic E-state index is 0.903.